The minimum absolute atomic E-state index is 0.0570. The van der Waals surface area contributed by atoms with Crippen molar-refractivity contribution in [2.45, 2.75) is 95.0 Å². The van der Waals surface area contributed by atoms with Crippen LogP contribution in [0, 0.1) is 22.7 Å². The van der Waals surface area contributed by atoms with Gasteiger partial charge in [0.05, 0.1) is 18.8 Å². The van der Waals surface area contributed by atoms with Gasteiger partial charge in [0.25, 0.3) is 0 Å². The Morgan fingerprint density at radius 3 is 2.36 bits per heavy atom. The number of halogens is 5. The molecule has 0 radical (unpaired) electrons. The lowest BCUT2D eigenvalue weighted by Crippen LogP contribution is -2.71. The molecule has 0 amide bonds. The van der Waals surface area contributed by atoms with Crippen molar-refractivity contribution in [2.75, 3.05) is 17.6 Å². The second-order valence-electron chi connectivity index (χ2n) is 13.5. The molecular weight excluding hydrogens is 631 g/mol. The number of hydrogen-bond acceptors (Lipinski definition) is 8. The normalized spacial score (nSPS) is 40.2. The van der Waals surface area contributed by atoms with Gasteiger partial charge in [-0.3, -0.25) is 9.59 Å². The Morgan fingerprint density at radius 2 is 1.77 bits per heavy atom. The maximum absolute atomic E-state index is 17.5. The van der Waals surface area contributed by atoms with Crippen molar-refractivity contribution in [2.24, 2.45) is 22.7 Å². The largest absolute Gasteiger partial charge is 0.490 e. The minimum Gasteiger partial charge on any atom is -0.475 e. The van der Waals surface area contributed by atoms with Crippen molar-refractivity contribution < 1.29 is 56.0 Å². The van der Waals surface area contributed by atoms with Gasteiger partial charge in [-0.1, -0.05) is 26.3 Å². The maximum atomic E-state index is 17.5. The average molecular weight is 671 g/mol. The first-order valence-electron chi connectivity index (χ1n) is 15.6. The molecule has 1 saturated heterocycles. The number of allylic oxidation sites excluding steroid dienone is 4. The minimum atomic E-state index is -5.08. The smallest absolute Gasteiger partial charge is 0.475 e. The molecule has 4 fully saturated rings. The van der Waals surface area contributed by atoms with Gasteiger partial charge in [0.1, 0.15) is 6.17 Å². The SMILES string of the molecule is CCCC1O[C@@H]2C[C@H]3[C@@H]4C[C@H](F)C5=CC(=O)C=C[C@]5(C)[C@@]4(F)[C@@H](O)C[C@]3(C)[C@]2(C(=O)CNc2ccc(N)cc2)O1.O=C(O)C(F)(F)F. The number of carbonyl (C=O) groups excluding carboxylic acids is 2. The monoisotopic (exact) mass is 670 g/mol. The second-order valence-corrected chi connectivity index (χ2v) is 13.5. The number of alkyl halides is 5. The molecule has 1 heterocycles. The van der Waals surface area contributed by atoms with Crippen LogP contribution in [0.1, 0.15) is 52.9 Å². The Hall–Kier alpha value is -3.36. The molecule has 0 spiro atoms. The summed E-state index contributed by atoms with van der Waals surface area (Å²) in [6.45, 7) is 5.39. The maximum Gasteiger partial charge on any atom is 0.490 e. The van der Waals surface area contributed by atoms with Crippen LogP contribution in [-0.2, 0) is 23.9 Å². The van der Waals surface area contributed by atoms with E-state index in [-0.39, 0.29) is 36.5 Å². The number of aliphatic carboxylic acids is 1. The molecule has 9 nitrogen and oxygen atoms in total. The number of anilines is 2. The van der Waals surface area contributed by atoms with Crippen molar-refractivity contribution in [1.29, 1.82) is 0 Å². The zero-order valence-corrected chi connectivity index (χ0v) is 26.2. The lowest BCUT2D eigenvalue weighted by Gasteiger charge is -2.63. The van der Waals surface area contributed by atoms with Crippen molar-refractivity contribution in [3.63, 3.8) is 0 Å². The number of benzene rings is 1. The number of nitrogens with one attached hydrogen (secondary N) is 1. The molecule has 1 aromatic rings. The number of rotatable bonds is 6. The van der Waals surface area contributed by atoms with E-state index in [1.807, 2.05) is 13.8 Å². The number of carboxylic acid groups (broad SMARTS) is 1. The summed E-state index contributed by atoms with van der Waals surface area (Å²) in [4.78, 5) is 35.2. The summed E-state index contributed by atoms with van der Waals surface area (Å²) in [5.41, 5.74) is 1.04. The zero-order chi connectivity index (χ0) is 34.7. The first kappa shape index (κ1) is 35.0. The van der Waals surface area contributed by atoms with Crippen LogP contribution >= 0.6 is 0 Å². The topological polar surface area (TPSA) is 148 Å². The van der Waals surface area contributed by atoms with Gasteiger partial charge >= 0.3 is 12.1 Å². The predicted octanol–water partition coefficient (Wildman–Crippen LogP) is 5.09. The summed E-state index contributed by atoms with van der Waals surface area (Å²) >= 11 is 0. The number of aliphatic hydroxyl groups is 1. The molecule has 1 aliphatic heterocycles. The number of fused-ring (bicyclic) bond motifs is 7. The highest BCUT2D eigenvalue weighted by molar-refractivity contribution is 6.01. The van der Waals surface area contributed by atoms with E-state index >= 15 is 8.78 Å². The third-order valence-electron chi connectivity index (χ3n) is 11.0. The highest BCUT2D eigenvalue weighted by Crippen LogP contribution is 2.72. The number of Topliss-reactive ketones (excluding diaryl/α,β-unsaturated/α-hetero) is 1. The number of carbonyl (C=O) groups is 3. The number of carboxylic acids is 1. The summed E-state index contributed by atoms with van der Waals surface area (Å²) in [5, 5.41) is 22.0. The lowest BCUT2D eigenvalue weighted by atomic mass is 9.44. The summed E-state index contributed by atoms with van der Waals surface area (Å²) < 4.78 is 77.9. The Bertz CT molecular complexity index is 1480. The number of nitrogen functional groups attached to an aromatic ring is 1. The molecule has 14 heteroatoms. The number of aliphatic hydroxyl groups excluding tert-OH is 1. The van der Waals surface area contributed by atoms with E-state index in [2.05, 4.69) is 5.32 Å². The van der Waals surface area contributed by atoms with E-state index in [4.69, 9.17) is 25.1 Å². The average Bonchev–Trinajstić information content (AvgIpc) is 3.47. The van der Waals surface area contributed by atoms with Gasteiger partial charge in [-0.2, -0.15) is 13.2 Å². The first-order valence-corrected chi connectivity index (χ1v) is 15.6. The molecule has 0 aromatic heterocycles. The third kappa shape index (κ3) is 5.36. The zero-order valence-electron chi connectivity index (χ0n) is 26.2. The van der Waals surface area contributed by atoms with Gasteiger partial charge in [0.15, 0.2) is 29.1 Å². The highest BCUT2D eigenvalue weighted by Gasteiger charge is 2.79. The van der Waals surface area contributed by atoms with Gasteiger partial charge in [0, 0.05) is 28.1 Å². The number of hydrogen-bond donors (Lipinski definition) is 4. The van der Waals surface area contributed by atoms with Crippen LogP contribution in [0.5, 0.6) is 0 Å². The van der Waals surface area contributed by atoms with Gasteiger partial charge in [0.2, 0.25) is 0 Å². The van der Waals surface area contributed by atoms with E-state index in [1.54, 1.807) is 31.2 Å². The summed E-state index contributed by atoms with van der Waals surface area (Å²) in [6, 6.07) is 7.03. The molecule has 258 valence electrons. The quantitative estimate of drug-likeness (QED) is 0.240. The van der Waals surface area contributed by atoms with Crippen LogP contribution in [-0.4, -0.2) is 76.4 Å². The molecule has 6 rings (SSSR count). The highest BCUT2D eigenvalue weighted by atomic mass is 19.4. The molecule has 5 aliphatic rings. The van der Waals surface area contributed by atoms with Gasteiger partial charge < -0.3 is 30.7 Å². The predicted molar refractivity (Wildman–Crippen MR) is 159 cm³/mol. The Balaban J connectivity index is 0.000000559. The van der Waals surface area contributed by atoms with Crippen LogP contribution in [0.25, 0.3) is 0 Å². The second kappa shape index (κ2) is 12.0. The Morgan fingerprint density at radius 1 is 1.13 bits per heavy atom. The lowest BCUT2D eigenvalue weighted by molar-refractivity contribution is -0.233. The number of nitrogens with two attached hydrogens (primary N) is 1. The Kier molecular flexibility index (Phi) is 8.89. The van der Waals surface area contributed by atoms with E-state index < -0.39 is 70.8 Å². The van der Waals surface area contributed by atoms with Crippen molar-refractivity contribution >= 4 is 28.9 Å². The van der Waals surface area contributed by atoms with Crippen molar-refractivity contribution in [3.05, 3.63) is 48.1 Å². The molecule has 47 heavy (non-hydrogen) atoms. The molecule has 10 atom stereocenters. The van der Waals surface area contributed by atoms with Crippen LogP contribution < -0.4 is 11.1 Å². The van der Waals surface area contributed by atoms with E-state index in [0.29, 0.717) is 24.2 Å². The van der Waals surface area contributed by atoms with Crippen LogP contribution in [0.3, 0.4) is 0 Å². The fourth-order valence-electron chi connectivity index (χ4n) is 8.80. The van der Waals surface area contributed by atoms with E-state index in [1.165, 1.54) is 18.2 Å². The van der Waals surface area contributed by atoms with Gasteiger partial charge in [-0.05, 0) is 80.5 Å². The fourth-order valence-corrected chi connectivity index (χ4v) is 8.80. The van der Waals surface area contributed by atoms with Crippen molar-refractivity contribution in [3.8, 4) is 0 Å². The summed E-state index contributed by atoms with van der Waals surface area (Å²) in [6.07, 6.45) is -4.07. The van der Waals surface area contributed by atoms with Gasteiger partial charge in [-0.15, -0.1) is 0 Å². The fraction of sp³-hybridized carbons (Fsp3) is 0.606. The van der Waals surface area contributed by atoms with Crippen LogP contribution in [0.15, 0.2) is 48.1 Å². The number of ether oxygens (including phenoxy) is 2. The van der Waals surface area contributed by atoms with E-state index in [9.17, 15) is 27.9 Å². The Labute approximate surface area is 268 Å². The first-order chi connectivity index (χ1) is 21.8. The third-order valence-corrected chi connectivity index (χ3v) is 11.0. The molecule has 5 N–H and O–H groups in total. The molecule has 4 aliphatic carbocycles. The molecule has 3 saturated carbocycles. The standard InChI is InChI=1S/C31H38F2N2O5.C2HF3O2/c1-4-5-27-39-26-14-20-21-13-23(32)22-12-19(36)10-11-28(22,2)30(21,33)24(37)15-29(20,3)31(26,40-27)25(38)16-35-18-8-6-17(34)7-9-18;3-2(4,5)1(6)7/h6-12,20-21,23-24,26-27,35,37H,4-5,13-16,34H2,1-3H3;(H,6,7)/t20-,21-,23-,24-,26+,27?,28-,29-,30-,31+;/m0./s1. The van der Waals surface area contributed by atoms with Crippen LogP contribution in [0.2, 0.25) is 0 Å². The van der Waals surface area contributed by atoms with E-state index in [0.717, 1.165) is 6.42 Å². The summed E-state index contributed by atoms with van der Waals surface area (Å²) in [7, 11) is 0. The molecule has 1 aromatic carbocycles. The van der Waals surface area contributed by atoms with Crippen LogP contribution in [0.4, 0.5) is 33.3 Å². The van der Waals surface area contributed by atoms with Gasteiger partial charge in [-0.25, -0.2) is 13.6 Å². The molecule has 1 unspecified atom stereocenters. The molecular formula is C33H39F5N2O7. The summed E-state index contributed by atoms with van der Waals surface area (Å²) in [5.74, 6) is -4.78. The number of ketones is 2. The molecule has 0 bridgehead atoms. The van der Waals surface area contributed by atoms with Crippen molar-refractivity contribution in [1.82, 2.24) is 0 Å².